The molecule has 31 heavy (non-hydrogen) atoms. The third-order valence-corrected chi connectivity index (χ3v) is 5.50. The summed E-state index contributed by atoms with van der Waals surface area (Å²) >= 11 is 5.93. The molecule has 0 radical (unpaired) electrons. The van der Waals surface area contributed by atoms with Gasteiger partial charge in [0.25, 0.3) is 11.5 Å². The minimum atomic E-state index is -0.550. The van der Waals surface area contributed by atoms with Gasteiger partial charge in [-0.2, -0.15) is 0 Å². The van der Waals surface area contributed by atoms with Crippen LogP contribution >= 0.6 is 11.6 Å². The van der Waals surface area contributed by atoms with E-state index < -0.39 is 11.9 Å². The van der Waals surface area contributed by atoms with Crippen LogP contribution in [0.5, 0.6) is 0 Å². The fourth-order valence-electron chi connectivity index (χ4n) is 3.42. The van der Waals surface area contributed by atoms with Gasteiger partial charge in [-0.1, -0.05) is 23.7 Å². The quantitative estimate of drug-likeness (QED) is 0.452. The molecule has 1 unspecified atom stereocenters. The molecule has 1 amide bonds. The zero-order chi connectivity index (χ0) is 22.1. The van der Waals surface area contributed by atoms with Crippen LogP contribution < -0.4 is 5.56 Å². The smallest absolute Gasteiger partial charge is 0.266 e. The number of amides is 1. The minimum absolute atomic E-state index is 0.239. The number of halogens is 2. The van der Waals surface area contributed by atoms with Gasteiger partial charge in [0.2, 0.25) is 0 Å². The van der Waals surface area contributed by atoms with Gasteiger partial charge in [-0.25, -0.2) is 9.37 Å². The van der Waals surface area contributed by atoms with Crippen LogP contribution in [-0.4, -0.2) is 27.4 Å². The molecule has 0 N–H and O–H groups in total. The van der Waals surface area contributed by atoms with E-state index in [1.807, 2.05) is 0 Å². The first-order valence-corrected chi connectivity index (χ1v) is 10.0. The predicted molar refractivity (Wildman–Crippen MR) is 119 cm³/mol. The van der Waals surface area contributed by atoms with Crippen molar-refractivity contribution >= 4 is 28.4 Å². The van der Waals surface area contributed by atoms with E-state index in [9.17, 15) is 14.0 Å². The van der Waals surface area contributed by atoms with Gasteiger partial charge in [0.05, 0.1) is 22.6 Å². The van der Waals surface area contributed by atoms with E-state index >= 15 is 0 Å². The van der Waals surface area contributed by atoms with Crippen molar-refractivity contribution < 1.29 is 9.18 Å². The van der Waals surface area contributed by atoms with Crippen LogP contribution in [0.4, 0.5) is 4.39 Å². The van der Waals surface area contributed by atoms with Gasteiger partial charge in [-0.15, -0.1) is 0 Å². The van der Waals surface area contributed by atoms with Crippen molar-refractivity contribution in [2.75, 3.05) is 7.05 Å². The molecule has 1 atom stereocenters. The molecule has 0 bridgehead atoms. The minimum Gasteiger partial charge on any atom is -0.332 e. The Bertz CT molecular complexity index is 1320. The van der Waals surface area contributed by atoms with Crippen LogP contribution in [-0.2, 0) is 0 Å². The molecule has 0 saturated heterocycles. The molecule has 0 aliphatic rings. The number of fused-ring (bicyclic) bond motifs is 1. The molecule has 0 spiro atoms. The summed E-state index contributed by atoms with van der Waals surface area (Å²) in [6.07, 6.45) is 0. The number of aromatic nitrogens is 2. The summed E-state index contributed by atoms with van der Waals surface area (Å²) in [4.78, 5) is 32.6. The Hall–Kier alpha value is -3.51. The molecule has 3 aromatic carbocycles. The summed E-state index contributed by atoms with van der Waals surface area (Å²) in [5, 5.41) is 0.975. The Kier molecular flexibility index (Phi) is 5.57. The Morgan fingerprint density at radius 3 is 2.35 bits per heavy atom. The van der Waals surface area contributed by atoms with E-state index in [4.69, 9.17) is 16.6 Å². The van der Waals surface area contributed by atoms with Crippen LogP contribution in [0, 0.1) is 5.82 Å². The summed E-state index contributed by atoms with van der Waals surface area (Å²) in [5.74, 6) is -0.271. The molecule has 0 aliphatic carbocycles. The number of benzene rings is 3. The monoisotopic (exact) mass is 435 g/mol. The van der Waals surface area contributed by atoms with Gasteiger partial charge in [0, 0.05) is 17.6 Å². The van der Waals surface area contributed by atoms with Gasteiger partial charge in [-0.3, -0.25) is 14.2 Å². The number of carbonyl (C=O) groups is 1. The summed E-state index contributed by atoms with van der Waals surface area (Å²) in [6.45, 7) is 1.80. The Balaban J connectivity index is 1.86. The van der Waals surface area contributed by atoms with Crippen molar-refractivity contribution in [3.8, 4) is 5.69 Å². The molecule has 1 heterocycles. The maximum atomic E-state index is 13.5. The standard InChI is InChI=1S/C24H19ClFN3O2/c1-15(28(2)23(30)16-7-9-17(25)10-8-16)22-27-21-6-4-3-5-20(21)24(31)29(22)19-13-11-18(26)12-14-19/h3-15H,1-2H3. The summed E-state index contributed by atoms with van der Waals surface area (Å²) < 4.78 is 14.9. The topological polar surface area (TPSA) is 55.2 Å². The van der Waals surface area contributed by atoms with Crippen LogP contribution in [0.3, 0.4) is 0 Å². The average molecular weight is 436 g/mol. The van der Waals surface area contributed by atoms with Gasteiger partial charge < -0.3 is 4.90 Å². The molecule has 7 heteroatoms. The van der Waals surface area contributed by atoms with Crippen molar-refractivity contribution in [1.29, 1.82) is 0 Å². The number of nitrogens with zero attached hydrogens (tertiary/aromatic N) is 3. The van der Waals surface area contributed by atoms with E-state index in [2.05, 4.69) is 0 Å². The zero-order valence-corrected chi connectivity index (χ0v) is 17.7. The first-order chi connectivity index (χ1) is 14.9. The van der Waals surface area contributed by atoms with Gasteiger partial charge >= 0.3 is 0 Å². The highest BCUT2D eigenvalue weighted by Crippen LogP contribution is 2.23. The molecular formula is C24H19ClFN3O2. The molecule has 1 aromatic heterocycles. The Morgan fingerprint density at radius 1 is 1.03 bits per heavy atom. The number of rotatable bonds is 4. The Morgan fingerprint density at radius 2 is 1.68 bits per heavy atom. The lowest BCUT2D eigenvalue weighted by Gasteiger charge is -2.27. The third-order valence-electron chi connectivity index (χ3n) is 5.25. The van der Waals surface area contributed by atoms with Crippen molar-refractivity contribution in [1.82, 2.24) is 14.5 Å². The highest BCUT2D eigenvalue weighted by molar-refractivity contribution is 6.30. The van der Waals surface area contributed by atoms with Crippen LogP contribution in [0.1, 0.15) is 29.1 Å². The molecule has 156 valence electrons. The number of para-hydroxylation sites is 1. The molecule has 4 rings (SSSR count). The molecule has 4 aromatic rings. The molecule has 0 aliphatic heterocycles. The average Bonchev–Trinajstić information content (AvgIpc) is 2.79. The second kappa shape index (κ2) is 8.32. The van der Waals surface area contributed by atoms with Gasteiger partial charge in [0.1, 0.15) is 11.6 Å². The number of carbonyl (C=O) groups excluding carboxylic acids is 1. The predicted octanol–water partition coefficient (Wildman–Crippen LogP) is 5.01. The number of hydrogen-bond donors (Lipinski definition) is 0. The van der Waals surface area contributed by atoms with E-state index in [0.717, 1.165) is 0 Å². The van der Waals surface area contributed by atoms with E-state index in [-0.39, 0.29) is 11.5 Å². The highest BCUT2D eigenvalue weighted by Gasteiger charge is 2.25. The molecular weight excluding hydrogens is 417 g/mol. The van der Waals surface area contributed by atoms with E-state index in [0.29, 0.717) is 33.0 Å². The van der Waals surface area contributed by atoms with Crippen LogP contribution in [0.25, 0.3) is 16.6 Å². The second-order valence-corrected chi connectivity index (χ2v) is 7.64. The second-order valence-electron chi connectivity index (χ2n) is 7.20. The first-order valence-electron chi connectivity index (χ1n) is 9.67. The third kappa shape index (κ3) is 3.94. The van der Waals surface area contributed by atoms with Gasteiger partial charge in [-0.05, 0) is 67.6 Å². The molecule has 5 nitrogen and oxygen atoms in total. The summed E-state index contributed by atoms with van der Waals surface area (Å²) in [7, 11) is 1.65. The maximum Gasteiger partial charge on any atom is 0.266 e. The van der Waals surface area contributed by atoms with Crippen molar-refractivity contribution in [2.45, 2.75) is 13.0 Å². The Labute approximate surface area is 183 Å². The van der Waals surface area contributed by atoms with Crippen molar-refractivity contribution in [2.24, 2.45) is 0 Å². The lowest BCUT2D eigenvalue weighted by atomic mass is 10.1. The lowest BCUT2D eigenvalue weighted by molar-refractivity contribution is 0.0735. The SMILES string of the molecule is CC(c1nc2ccccc2c(=O)n1-c1ccc(F)cc1)N(C)C(=O)c1ccc(Cl)cc1. The molecule has 0 saturated carbocycles. The normalized spacial score (nSPS) is 12.0. The fourth-order valence-corrected chi connectivity index (χ4v) is 3.54. The molecule has 0 fully saturated rings. The summed E-state index contributed by atoms with van der Waals surface area (Å²) in [6, 6.07) is 18.7. The van der Waals surface area contributed by atoms with Gasteiger partial charge in [0.15, 0.2) is 0 Å². The van der Waals surface area contributed by atoms with Crippen molar-refractivity contribution in [3.05, 3.63) is 105 Å². The largest absolute Gasteiger partial charge is 0.332 e. The number of hydrogen-bond acceptors (Lipinski definition) is 3. The summed E-state index contributed by atoms with van der Waals surface area (Å²) in [5.41, 5.74) is 1.18. The van der Waals surface area contributed by atoms with Crippen LogP contribution in [0.2, 0.25) is 5.02 Å². The van der Waals surface area contributed by atoms with E-state index in [1.165, 1.54) is 33.7 Å². The van der Waals surface area contributed by atoms with Crippen molar-refractivity contribution in [3.63, 3.8) is 0 Å². The first kappa shape index (κ1) is 20.8. The zero-order valence-electron chi connectivity index (χ0n) is 16.9. The highest BCUT2D eigenvalue weighted by atomic mass is 35.5. The van der Waals surface area contributed by atoms with E-state index in [1.54, 1.807) is 62.5 Å². The fraction of sp³-hybridized carbons (Fsp3) is 0.125. The van der Waals surface area contributed by atoms with Crippen LogP contribution in [0.15, 0.2) is 77.6 Å². The lowest BCUT2D eigenvalue weighted by Crippen LogP contribution is -2.34. The maximum absolute atomic E-state index is 13.5.